The summed E-state index contributed by atoms with van der Waals surface area (Å²) in [5.74, 6) is 0.721. The monoisotopic (exact) mass is 543 g/mol. The lowest BCUT2D eigenvalue weighted by Gasteiger charge is -2.26. The molecular weight excluding hydrogens is 517 g/mol. The van der Waals surface area contributed by atoms with E-state index in [0.717, 1.165) is 61.6 Å². The van der Waals surface area contributed by atoms with Crippen LogP contribution in [0, 0.1) is 0 Å². The molecular formula is C26H27Cl2N5O4. The number of morpholine rings is 1. The first-order valence-electron chi connectivity index (χ1n) is 11.8. The van der Waals surface area contributed by atoms with Crippen LogP contribution in [0.2, 0.25) is 10.0 Å². The fourth-order valence-electron chi connectivity index (χ4n) is 4.51. The van der Waals surface area contributed by atoms with Gasteiger partial charge in [0.05, 0.1) is 67.0 Å². The van der Waals surface area contributed by atoms with Crippen molar-refractivity contribution in [3.63, 3.8) is 0 Å². The SMILES string of the molecule is COc1cc(OC)c(Cl)c(-c2cc3cnc(-c4cnn(CCN5CCOCC5)c4)cc3n(C)c2=O)c1Cl. The van der Waals surface area contributed by atoms with Crippen LogP contribution in [0.1, 0.15) is 0 Å². The highest BCUT2D eigenvalue weighted by atomic mass is 35.5. The summed E-state index contributed by atoms with van der Waals surface area (Å²) in [4.78, 5) is 20.5. The van der Waals surface area contributed by atoms with Gasteiger partial charge >= 0.3 is 0 Å². The molecule has 1 fully saturated rings. The van der Waals surface area contributed by atoms with E-state index in [2.05, 4.69) is 15.0 Å². The summed E-state index contributed by atoms with van der Waals surface area (Å²) in [5.41, 5.74) is 2.75. The number of pyridine rings is 2. The number of nitrogens with zero attached hydrogens (tertiary/aromatic N) is 5. The number of halogens is 2. The first kappa shape index (κ1) is 25.5. The zero-order chi connectivity index (χ0) is 26.1. The minimum atomic E-state index is -0.259. The number of benzene rings is 1. The van der Waals surface area contributed by atoms with Gasteiger partial charge in [-0.1, -0.05) is 23.2 Å². The highest BCUT2D eigenvalue weighted by Crippen LogP contribution is 2.45. The number of rotatable bonds is 7. The largest absolute Gasteiger partial charge is 0.495 e. The summed E-state index contributed by atoms with van der Waals surface area (Å²) in [6, 6.07) is 5.22. The van der Waals surface area contributed by atoms with Crippen LogP contribution in [0.5, 0.6) is 11.5 Å². The molecule has 9 nitrogen and oxygen atoms in total. The fraction of sp³-hybridized carbons (Fsp3) is 0.346. The average Bonchev–Trinajstić information content (AvgIpc) is 3.40. The highest BCUT2D eigenvalue weighted by molar-refractivity contribution is 6.41. The maximum atomic E-state index is 13.5. The molecule has 0 saturated carbocycles. The number of aryl methyl sites for hydroxylation is 1. The van der Waals surface area contributed by atoms with Crippen LogP contribution < -0.4 is 15.0 Å². The molecule has 194 valence electrons. The Morgan fingerprint density at radius 2 is 1.70 bits per heavy atom. The third kappa shape index (κ3) is 4.92. The van der Waals surface area contributed by atoms with E-state index in [4.69, 9.17) is 37.4 Å². The van der Waals surface area contributed by atoms with Gasteiger partial charge in [-0.05, 0) is 12.1 Å². The smallest absolute Gasteiger partial charge is 0.258 e. The lowest BCUT2D eigenvalue weighted by atomic mass is 10.0. The Morgan fingerprint density at radius 1 is 1.00 bits per heavy atom. The van der Waals surface area contributed by atoms with Crippen LogP contribution in [0.15, 0.2) is 41.6 Å². The standard InChI is InChI=1S/C26H27Cl2N5O4/c1-31-20-11-19(17-14-30-33(15-17)5-4-32-6-8-37-9-7-32)29-13-16(20)10-18(26(31)34)23-24(27)21(35-2)12-22(36-3)25(23)28/h10-15H,4-9H2,1-3H3. The molecule has 0 radical (unpaired) electrons. The molecule has 3 aromatic heterocycles. The van der Waals surface area contributed by atoms with E-state index in [0.29, 0.717) is 22.6 Å². The van der Waals surface area contributed by atoms with E-state index in [1.165, 1.54) is 14.2 Å². The van der Waals surface area contributed by atoms with Gasteiger partial charge in [-0.25, -0.2) is 0 Å². The van der Waals surface area contributed by atoms with Gasteiger partial charge in [0.2, 0.25) is 0 Å². The molecule has 1 aliphatic heterocycles. The Labute approximate surface area is 224 Å². The van der Waals surface area contributed by atoms with E-state index >= 15 is 0 Å². The molecule has 37 heavy (non-hydrogen) atoms. The number of hydrogen-bond acceptors (Lipinski definition) is 7. The summed E-state index contributed by atoms with van der Waals surface area (Å²) in [5, 5.41) is 5.73. The molecule has 0 unspecified atom stereocenters. The second-order valence-electron chi connectivity index (χ2n) is 8.78. The molecule has 0 amide bonds. The van der Waals surface area contributed by atoms with Crippen molar-refractivity contribution < 1.29 is 14.2 Å². The van der Waals surface area contributed by atoms with Crippen molar-refractivity contribution >= 4 is 34.1 Å². The molecule has 0 bridgehead atoms. The molecule has 0 spiro atoms. The van der Waals surface area contributed by atoms with Crippen LogP contribution in [0.3, 0.4) is 0 Å². The van der Waals surface area contributed by atoms with Crippen LogP contribution in [-0.2, 0) is 18.3 Å². The number of ether oxygens (including phenoxy) is 3. The Morgan fingerprint density at radius 3 is 2.38 bits per heavy atom. The van der Waals surface area contributed by atoms with Gasteiger partial charge in [0.15, 0.2) is 0 Å². The van der Waals surface area contributed by atoms with Crippen LogP contribution in [-0.4, -0.2) is 71.3 Å². The van der Waals surface area contributed by atoms with Crippen LogP contribution in [0.4, 0.5) is 0 Å². The fourth-order valence-corrected chi connectivity index (χ4v) is 5.21. The van der Waals surface area contributed by atoms with Gasteiger partial charge in [-0.15, -0.1) is 0 Å². The Balaban J connectivity index is 1.49. The third-order valence-corrected chi connectivity index (χ3v) is 7.38. The first-order valence-corrected chi connectivity index (χ1v) is 12.6. The lowest BCUT2D eigenvalue weighted by Crippen LogP contribution is -2.38. The van der Waals surface area contributed by atoms with Gasteiger partial charge < -0.3 is 18.8 Å². The summed E-state index contributed by atoms with van der Waals surface area (Å²) >= 11 is 13.2. The zero-order valence-electron chi connectivity index (χ0n) is 20.8. The van der Waals surface area contributed by atoms with Gasteiger partial charge in [0, 0.05) is 61.7 Å². The van der Waals surface area contributed by atoms with Crippen molar-refractivity contribution in [3.05, 3.63) is 57.2 Å². The zero-order valence-corrected chi connectivity index (χ0v) is 22.3. The number of methoxy groups -OCH3 is 2. The molecule has 4 aromatic rings. The van der Waals surface area contributed by atoms with Crippen molar-refractivity contribution in [1.29, 1.82) is 0 Å². The van der Waals surface area contributed by atoms with E-state index in [-0.39, 0.29) is 15.6 Å². The summed E-state index contributed by atoms with van der Waals surface area (Å²) < 4.78 is 19.6. The maximum absolute atomic E-state index is 13.5. The summed E-state index contributed by atoms with van der Waals surface area (Å²) in [6.45, 7) is 5.11. The van der Waals surface area contributed by atoms with Gasteiger partial charge in [0.1, 0.15) is 11.5 Å². The molecule has 0 atom stereocenters. The molecule has 4 heterocycles. The van der Waals surface area contributed by atoms with Gasteiger partial charge in [0.25, 0.3) is 5.56 Å². The van der Waals surface area contributed by atoms with Gasteiger partial charge in [-0.2, -0.15) is 5.10 Å². The number of aromatic nitrogens is 4. The predicted octanol–water partition coefficient (Wildman–Crippen LogP) is 4.12. The Kier molecular flexibility index (Phi) is 7.39. The maximum Gasteiger partial charge on any atom is 0.258 e. The Bertz CT molecular complexity index is 1480. The van der Waals surface area contributed by atoms with Crippen molar-refractivity contribution in [1.82, 2.24) is 24.2 Å². The predicted molar refractivity (Wildman–Crippen MR) is 144 cm³/mol. The normalized spacial score (nSPS) is 14.3. The number of hydrogen-bond donors (Lipinski definition) is 0. The minimum absolute atomic E-state index is 0.235. The van der Waals surface area contributed by atoms with E-state index in [9.17, 15) is 4.79 Å². The van der Waals surface area contributed by atoms with E-state index < -0.39 is 0 Å². The Hall–Kier alpha value is -3.11. The highest BCUT2D eigenvalue weighted by Gasteiger charge is 2.22. The molecule has 1 aliphatic rings. The van der Waals surface area contributed by atoms with Crippen molar-refractivity contribution in [2.24, 2.45) is 7.05 Å². The lowest BCUT2D eigenvalue weighted by molar-refractivity contribution is 0.0360. The molecule has 1 saturated heterocycles. The van der Waals surface area contributed by atoms with Crippen LogP contribution >= 0.6 is 23.2 Å². The minimum Gasteiger partial charge on any atom is -0.495 e. The van der Waals surface area contributed by atoms with Crippen molar-refractivity contribution in [2.45, 2.75) is 6.54 Å². The van der Waals surface area contributed by atoms with E-state index in [1.807, 2.05) is 16.9 Å². The third-order valence-electron chi connectivity index (χ3n) is 6.63. The second kappa shape index (κ2) is 10.7. The quantitative estimate of drug-likeness (QED) is 0.346. The summed E-state index contributed by atoms with van der Waals surface area (Å²) in [7, 11) is 4.70. The topological polar surface area (TPSA) is 83.6 Å². The molecule has 1 aromatic carbocycles. The molecule has 0 N–H and O–H groups in total. The van der Waals surface area contributed by atoms with Crippen molar-refractivity contribution in [2.75, 3.05) is 47.1 Å². The second-order valence-corrected chi connectivity index (χ2v) is 9.54. The summed E-state index contributed by atoms with van der Waals surface area (Å²) in [6.07, 6.45) is 5.50. The molecule has 5 rings (SSSR count). The first-order chi connectivity index (χ1) is 17.9. The average molecular weight is 544 g/mol. The van der Waals surface area contributed by atoms with Crippen LogP contribution in [0.25, 0.3) is 33.3 Å². The van der Waals surface area contributed by atoms with Gasteiger partial charge in [-0.3, -0.25) is 19.4 Å². The van der Waals surface area contributed by atoms with Crippen molar-refractivity contribution in [3.8, 4) is 33.9 Å². The number of fused-ring (bicyclic) bond motifs is 1. The molecule has 0 aliphatic carbocycles. The van der Waals surface area contributed by atoms with E-state index in [1.54, 1.807) is 36.1 Å². The molecule has 11 heteroatoms.